The van der Waals surface area contributed by atoms with Crippen LogP contribution in [-0.4, -0.2) is 186 Å². The fraction of sp³-hybridized carbons (Fsp3) is 0.674. The summed E-state index contributed by atoms with van der Waals surface area (Å²) in [5.74, 6) is -1.31. The standard InChI is InChI=1S/C46H66N2O17/c1-24-35(47-25(2)49)38(54-5)42(58-9)45(61-24)64-37-32(23-53-4)63-46(43(59-10)40(37)56-7)65-36-31(22-52-3)62-44(41(57-8)39(36)55-6)48-33(50)19-20-34(51)60-21-30-28-17-13-11-15-26(28)27-16-12-14-18-29(27)30/h11-18,24,30-32,35-46H,19-23H2,1-10H3,(H,47,49)(H,48,50). The van der Waals surface area contributed by atoms with Crippen LogP contribution in [0.1, 0.15) is 43.7 Å². The number of carbonyl (C=O) groups is 3. The van der Waals surface area contributed by atoms with Crippen LogP contribution in [0, 0.1) is 0 Å². The maximum atomic E-state index is 13.4. The third-order valence-electron chi connectivity index (χ3n) is 12.5. The van der Waals surface area contributed by atoms with Gasteiger partial charge in [0.05, 0.1) is 31.8 Å². The molecule has 4 aliphatic rings. The molecule has 0 saturated carbocycles. The highest BCUT2D eigenvalue weighted by Gasteiger charge is 2.56. The molecule has 19 heteroatoms. The first-order valence-electron chi connectivity index (χ1n) is 21.8. The van der Waals surface area contributed by atoms with E-state index in [0.717, 1.165) is 22.3 Å². The van der Waals surface area contributed by atoms with E-state index in [2.05, 4.69) is 22.8 Å². The fourth-order valence-corrected chi connectivity index (χ4v) is 9.50. The van der Waals surface area contributed by atoms with E-state index in [9.17, 15) is 14.4 Å². The zero-order valence-electron chi connectivity index (χ0n) is 38.8. The molecule has 6 rings (SSSR count). The number of carbonyl (C=O) groups excluding carboxylic acids is 3. The Morgan fingerprint density at radius 1 is 0.554 bits per heavy atom. The van der Waals surface area contributed by atoms with Gasteiger partial charge < -0.3 is 76.9 Å². The van der Waals surface area contributed by atoms with Crippen LogP contribution in [0.25, 0.3) is 11.1 Å². The molecule has 3 fully saturated rings. The first kappa shape index (κ1) is 50.7. The Morgan fingerprint density at radius 3 is 1.57 bits per heavy atom. The molecule has 362 valence electrons. The highest BCUT2D eigenvalue weighted by molar-refractivity contribution is 5.82. The lowest BCUT2D eigenvalue weighted by Gasteiger charge is -2.51. The molecule has 65 heavy (non-hydrogen) atoms. The van der Waals surface area contributed by atoms with Gasteiger partial charge in [-0.1, -0.05) is 48.5 Å². The van der Waals surface area contributed by atoms with E-state index in [4.69, 9.17) is 66.3 Å². The summed E-state index contributed by atoms with van der Waals surface area (Å²) >= 11 is 0. The Bertz CT molecular complexity index is 1810. The summed E-state index contributed by atoms with van der Waals surface area (Å²) in [6, 6.07) is 15.6. The number of hydrogen-bond acceptors (Lipinski definition) is 17. The molecule has 19 nitrogen and oxygen atoms in total. The van der Waals surface area contributed by atoms with E-state index in [1.807, 2.05) is 36.4 Å². The Labute approximate surface area is 380 Å². The molecule has 15 unspecified atom stereocenters. The van der Waals surface area contributed by atoms with Gasteiger partial charge in [-0.3, -0.25) is 14.4 Å². The number of rotatable bonds is 21. The van der Waals surface area contributed by atoms with Crippen molar-refractivity contribution in [3.05, 3.63) is 59.7 Å². The van der Waals surface area contributed by atoms with E-state index in [-0.39, 0.29) is 44.5 Å². The maximum absolute atomic E-state index is 13.4. The molecule has 15 atom stereocenters. The molecule has 3 heterocycles. The number of benzene rings is 2. The Morgan fingerprint density at radius 2 is 1.05 bits per heavy atom. The van der Waals surface area contributed by atoms with Crippen molar-refractivity contribution in [1.82, 2.24) is 10.6 Å². The third kappa shape index (κ3) is 11.4. The van der Waals surface area contributed by atoms with Crippen LogP contribution in [0.3, 0.4) is 0 Å². The molecule has 3 saturated heterocycles. The van der Waals surface area contributed by atoms with Gasteiger partial charge in [0, 0.05) is 76.1 Å². The average molecular weight is 919 g/mol. The van der Waals surface area contributed by atoms with E-state index in [1.165, 1.54) is 63.8 Å². The van der Waals surface area contributed by atoms with E-state index in [0.29, 0.717) is 0 Å². The number of amides is 2. The SMILES string of the molecule is COCC1OC(NC(=O)CCC(=O)OCC2c3ccccc3-c3ccccc32)C(OC)C(OC)C1OC1OC(COC)C(OC2OC(C)C(NC(C)=O)C(OC)C2OC)C(OC)C1OC. The molecule has 0 spiro atoms. The maximum Gasteiger partial charge on any atom is 0.306 e. The van der Waals surface area contributed by atoms with Gasteiger partial charge in [0.1, 0.15) is 67.6 Å². The van der Waals surface area contributed by atoms with Crippen molar-refractivity contribution in [2.24, 2.45) is 0 Å². The summed E-state index contributed by atoms with van der Waals surface area (Å²) in [5.41, 5.74) is 4.44. The van der Waals surface area contributed by atoms with Crippen LogP contribution in [0.4, 0.5) is 0 Å². The molecule has 1 aliphatic carbocycles. The second-order valence-electron chi connectivity index (χ2n) is 16.4. The topological polar surface area (TPSA) is 204 Å². The first-order chi connectivity index (χ1) is 31.5. The van der Waals surface area contributed by atoms with E-state index < -0.39 is 104 Å². The molecule has 0 radical (unpaired) electrons. The van der Waals surface area contributed by atoms with Gasteiger partial charge in [0.25, 0.3) is 0 Å². The minimum Gasteiger partial charge on any atom is -0.465 e. The predicted octanol–water partition coefficient (Wildman–Crippen LogP) is 2.09. The van der Waals surface area contributed by atoms with Gasteiger partial charge in [-0.2, -0.15) is 0 Å². The minimum atomic E-state index is -1.11. The number of hydrogen-bond donors (Lipinski definition) is 2. The highest BCUT2D eigenvalue weighted by atomic mass is 16.8. The van der Waals surface area contributed by atoms with Crippen molar-refractivity contribution in [2.75, 3.05) is 76.7 Å². The van der Waals surface area contributed by atoms with Gasteiger partial charge in [0.15, 0.2) is 18.8 Å². The molecule has 2 N–H and O–H groups in total. The lowest BCUT2D eigenvalue weighted by atomic mass is 9.94. The lowest BCUT2D eigenvalue weighted by molar-refractivity contribution is -0.374. The number of ether oxygens (including phenoxy) is 14. The van der Waals surface area contributed by atoms with Crippen molar-refractivity contribution in [3.63, 3.8) is 0 Å². The average Bonchev–Trinajstić information content (AvgIpc) is 3.62. The predicted molar refractivity (Wildman–Crippen MR) is 230 cm³/mol. The van der Waals surface area contributed by atoms with Gasteiger partial charge >= 0.3 is 5.97 Å². The molecule has 0 bridgehead atoms. The Balaban J connectivity index is 1.11. The van der Waals surface area contributed by atoms with Gasteiger partial charge in [-0.05, 0) is 29.2 Å². The van der Waals surface area contributed by atoms with Crippen LogP contribution < -0.4 is 10.6 Å². The van der Waals surface area contributed by atoms with Crippen molar-refractivity contribution < 1.29 is 80.7 Å². The number of esters is 1. The van der Waals surface area contributed by atoms with E-state index >= 15 is 0 Å². The molecule has 3 aliphatic heterocycles. The quantitative estimate of drug-likeness (QED) is 0.172. The normalized spacial score (nSPS) is 33.5. The molecular weight excluding hydrogens is 853 g/mol. The molecule has 0 aromatic heterocycles. The molecular formula is C46H66N2O17. The zero-order chi connectivity index (χ0) is 46.8. The summed E-state index contributed by atoms with van der Waals surface area (Å²) in [6.07, 6.45) is -12.2. The van der Waals surface area contributed by atoms with Gasteiger partial charge in [-0.15, -0.1) is 0 Å². The van der Waals surface area contributed by atoms with Crippen molar-refractivity contribution >= 4 is 17.8 Å². The fourth-order valence-electron chi connectivity index (χ4n) is 9.50. The summed E-state index contributed by atoms with van der Waals surface area (Å²) in [5, 5.41) is 5.76. The molecule has 2 aromatic rings. The Hall–Kier alpha value is -3.67. The van der Waals surface area contributed by atoms with Crippen LogP contribution in [-0.2, 0) is 80.7 Å². The van der Waals surface area contributed by atoms with Crippen LogP contribution in [0.5, 0.6) is 0 Å². The third-order valence-corrected chi connectivity index (χ3v) is 12.5. The van der Waals surface area contributed by atoms with Crippen LogP contribution in [0.2, 0.25) is 0 Å². The summed E-state index contributed by atoms with van der Waals surface area (Å²) < 4.78 is 85.2. The second kappa shape index (κ2) is 23.9. The minimum absolute atomic E-state index is 0.0220. The summed E-state index contributed by atoms with van der Waals surface area (Å²) in [7, 11) is 12.0. The van der Waals surface area contributed by atoms with E-state index in [1.54, 1.807) is 6.92 Å². The molecule has 2 aromatic carbocycles. The number of nitrogens with one attached hydrogen (secondary N) is 2. The van der Waals surface area contributed by atoms with Crippen molar-refractivity contribution in [3.8, 4) is 11.1 Å². The van der Waals surface area contributed by atoms with Crippen LogP contribution >= 0.6 is 0 Å². The molecule has 2 amide bonds. The van der Waals surface area contributed by atoms with Crippen molar-refractivity contribution in [1.29, 1.82) is 0 Å². The largest absolute Gasteiger partial charge is 0.465 e. The number of fused-ring (bicyclic) bond motifs is 3. The highest BCUT2D eigenvalue weighted by Crippen LogP contribution is 2.44. The van der Waals surface area contributed by atoms with Crippen LogP contribution in [0.15, 0.2) is 48.5 Å². The Kier molecular flexibility index (Phi) is 18.6. The first-order valence-corrected chi connectivity index (χ1v) is 21.8. The van der Waals surface area contributed by atoms with Crippen molar-refractivity contribution in [2.45, 2.75) is 125 Å². The monoisotopic (exact) mass is 918 g/mol. The number of methoxy groups -OCH3 is 8. The smallest absolute Gasteiger partial charge is 0.306 e. The summed E-state index contributed by atoms with van der Waals surface area (Å²) in [6.45, 7) is 3.45. The van der Waals surface area contributed by atoms with Gasteiger partial charge in [0.2, 0.25) is 11.8 Å². The van der Waals surface area contributed by atoms with Gasteiger partial charge in [-0.25, -0.2) is 0 Å². The lowest BCUT2D eigenvalue weighted by Crippen LogP contribution is -2.69. The zero-order valence-corrected chi connectivity index (χ0v) is 38.8. The summed E-state index contributed by atoms with van der Waals surface area (Å²) in [4.78, 5) is 38.5. The second-order valence-corrected chi connectivity index (χ2v) is 16.4.